The van der Waals surface area contributed by atoms with Crippen LogP contribution in [0.15, 0.2) is 42.5 Å². The number of halogens is 4. The third-order valence-corrected chi connectivity index (χ3v) is 4.59. The van der Waals surface area contributed by atoms with Crippen LogP contribution in [0, 0.1) is 0 Å². The Morgan fingerprint density at radius 1 is 0.840 bits per heavy atom. The Morgan fingerprint density at radius 2 is 1.40 bits per heavy atom. The lowest BCUT2D eigenvalue weighted by Crippen LogP contribution is -2.03. The van der Waals surface area contributed by atoms with Gasteiger partial charge in [-0.05, 0) is 29.8 Å². The summed E-state index contributed by atoms with van der Waals surface area (Å²) in [5.41, 5.74) is 6.56. The van der Waals surface area contributed by atoms with Crippen molar-refractivity contribution in [3.05, 3.63) is 73.9 Å². The van der Waals surface area contributed by atoms with E-state index in [0.29, 0.717) is 43.6 Å². The summed E-state index contributed by atoms with van der Waals surface area (Å²) in [6.07, 6.45) is 0.302. The molecule has 0 unspecified atom stereocenters. The van der Waals surface area contributed by atoms with Crippen LogP contribution in [0.2, 0.25) is 20.1 Å². The van der Waals surface area contributed by atoms with Crippen molar-refractivity contribution in [1.82, 2.24) is 9.97 Å². The number of nitrogen functional groups attached to an aromatic ring is 1. The van der Waals surface area contributed by atoms with Crippen LogP contribution in [0.1, 0.15) is 11.4 Å². The van der Waals surface area contributed by atoms with Gasteiger partial charge in [0.15, 0.2) is 5.75 Å². The number of hydrogen-bond acceptors (Lipinski definition) is 4. The van der Waals surface area contributed by atoms with Gasteiger partial charge in [-0.2, -0.15) is 4.98 Å². The monoisotopic (exact) mass is 413 g/mol. The van der Waals surface area contributed by atoms with Crippen molar-refractivity contribution in [3.8, 4) is 11.6 Å². The van der Waals surface area contributed by atoms with Crippen molar-refractivity contribution in [2.75, 3.05) is 5.73 Å². The number of para-hydroxylation sites is 1. The molecule has 1 heterocycles. The Balaban J connectivity index is 1.93. The molecular weight excluding hydrogens is 404 g/mol. The highest BCUT2D eigenvalue weighted by Gasteiger charge is 2.13. The smallest absolute Gasteiger partial charge is 0.224 e. The molecule has 0 spiro atoms. The molecule has 0 saturated heterocycles. The number of nitrogens with two attached hydrogens (primary N) is 1. The van der Waals surface area contributed by atoms with E-state index in [1.54, 1.807) is 36.4 Å². The second-order valence-electron chi connectivity index (χ2n) is 5.08. The van der Waals surface area contributed by atoms with Crippen molar-refractivity contribution in [3.63, 3.8) is 0 Å². The quantitative estimate of drug-likeness (QED) is 0.563. The van der Waals surface area contributed by atoms with Gasteiger partial charge in [0.2, 0.25) is 5.88 Å². The van der Waals surface area contributed by atoms with Gasteiger partial charge in [-0.15, -0.1) is 0 Å². The lowest BCUT2D eigenvalue weighted by Gasteiger charge is -2.11. The van der Waals surface area contributed by atoms with Gasteiger partial charge in [0, 0.05) is 22.5 Å². The summed E-state index contributed by atoms with van der Waals surface area (Å²) in [5, 5.41) is 1.77. The van der Waals surface area contributed by atoms with Gasteiger partial charge in [-0.25, -0.2) is 4.98 Å². The van der Waals surface area contributed by atoms with Gasteiger partial charge in [-0.3, -0.25) is 0 Å². The molecule has 3 rings (SSSR count). The maximum Gasteiger partial charge on any atom is 0.224 e. The number of anilines is 1. The van der Waals surface area contributed by atoms with Crippen molar-refractivity contribution < 1.29 is 4.74 Å². The highest BCUT2D eigenvalue weighted by atomic mass is 35.5. The molecule has 0 atom stereocenters. The third-order valence-electron chi connectivity index (χ3n) is 3.29. The number of aromatic nitrogens is 2. The first-order valence-electron chi connectivity index (χ1n) is 7.12. The van der Waals surface area contributed by atoms with Crippen molar-refractivity contribution >= 4 is 52.2 Å². The summed E-state index contributed by atoms with van der Waals surface area (Å²) in [6, 6.07) is 11.8. The van der Waals surface area contributed by atoms with Crippen LogP contribution < -0.4 is 10.5 Å². The standard InChI is InChI=1S/C17H11Cl4N3O/c18-10-3-1-4-11(19)9(10)7-15-23-14(22)8-16(24-15)25-17-12(20)5-2-6-13(17)21/h1-6,8H,7H2,(H2,22,23,24). The largest absolute Gasteiger partial charge is 0.436 e. The molecule has 0 aliphatic carbocycles. The van der Waals surface area contributed by atoms with E-state index in [9.17, 15) is 0 Å². The molecule has 128 valence electrons. The van der Waals surface area contributed by atoms with Crippen LogP contribution in [0.25, 0.3) is 0 Å². The SMILES string of the molecule is Nc1cc(Oc2c(Cl)cccc2Cl)nc(Cc2c(Cl)cccc2Cl)n1. The molecule has 0 aliphatic rings. The van der Waals surface area contributed by atoms with E-state index < -0.39 is 0 Å². The van der Waals surface area contributed by atoms with Crippen molar-refractivity contribution in [2.45, 2.75) is 6.42 Å². The van der Waals surface area contributed by atoms with Crippen LogP contribution in [-0.4, -0.2) is 9.97 Å². The molecule has 25 heavy (non-hydrogen) atoms. The fourth-order valence-electron chi connectivity index (χ4n) is 2.17. The van der Waals surface area contributed by atoms with E-state index >= 15 is 0 Å². The predicted molar refractivity (Wildman–Crippen MR) is 102 cm³/mol. The lowest BCUT2D eigenvalue weighted by atomic mass is 10.1. The fourth-order valence-corrected chi connectivity index (χ4v) is 3.17. The first-order chi connectivity index (χ1) is 11.9. The molecule has 0 aliphatic heterocycles. The Kier molecular flexibility index (Phi) is 5.54. The summed E-state index contributed by atoms with van der Waals surface area (Å²) in [6.45, 7) is 0. The van der Waals surface area contributed by atoms with E-state index in [-0.39, 0.29) is 11.7 Å². The lowest BCUT2D eigenvalue weighted by molar-refractivity contribution is 0.460. The molecule has 0 fully saturated rings. The molecule has 3 aromatic rings. The van der Waals surface area contributed by atoms with Gasteiger partial charge in [0.25, 0.3) is 0 Å². The summed E-state index contributed by atoms with van der Waals surface area (Å²) < 4.78 is 5.70. The van der Waals surface area contributed by atoms with Crippen molar-refractivity contribution in [1.29, 1.82) is 0 Å². The minimum atomic E-state index is 0.223. The first kappa shape index (κ1) is 18.1. The Hall–Kier alpha value is -1.72. The topological polar surface area (TPSA) is 61.0 Å². The number of benzene rings is 2. The molecule has 0 bridgehead atoms. The average Bonchev–Trinajstić information content (AvgIpc) is 2.54. The number of ether oxygens (including phenoxy) is 1. The highest BCUT2D eigenvalue weighted by molar-refractivity contribution is 6.37. The van der Waals surface area contributed by atoms with Crippen LogP contribution in [-0.2, 0) is 6.42 Å². The van der Waals surface area contributed by atoms with E-state index in [1.807, 2.05) is 0 Å². The number of hydrogen-bond donors (Lipinski definition) is 1. The van der Waals surface area contributed by atoms with Crippen LogP contribution >= 0.6 is 46.4 Å². The average molecular weight is 415 g/mol. The molecule has 0 amide bonds. The van der Waals surface area contributed by atoms with Crippen LogP contribution in [0.3, 0.4) is 0 Å². The summed E-state index contributed by atoms with van der Waals surface area (Å²) in [5.74, 6) is 1.17. The Labute approximate surface area is 164 Å². The van der Waals surface area contributed by atoms with Gasteiger partial charge >= 0.3 is 0 Å². The summed E-state index contributed by atoms with van der Waals surface area (Å²) >= 11 is 24.6. The minimum Gasteiger partial charge on any atom is -0.436 e. The Bertz CT molecular complexity index is 822. The number of rotatable bonds is 4. The molecule has 0 saturated carbocycles. The first-order valence-corrected chi connectivity index (χ1v) is 8.63. The second kappa shape index (κ2) is 7.67. The maximum absolute atomic E-state index is 6.19. The zero-order chi connectivity index (χ0) is 18.0. The van der Waals surface area contributed by atoms with E-state index in [1.165, 1.54) is 6.07 Å². The second-order valence-corrected chi connectivity index (χ2v) is 6.71. The summed E-state index contributed by atoms with van der Waals surface area (Å²) in [4.78, 5) is 8.54. The number of nitrogens with zero attached hydrogens (tertiary/aromatic N) is 2. The highest BCUT2D eigenvalue weighted by Crippen LogP contribution is 2.36. The predicted octanol–water partition coefficient (Wildman–Crippen LogP) is 6.06. The van der Waals surface area contributed by atoms with Gasteiger partial charge in [-0.1, -0.05) is 58.5 Å². The fraction of sp³-hybridized carbons (Fsp3) is 0.0588. The van der Waals surface area contributed by atoms with Crippen LogP contribution in [0.4, 0.5) is 5.82 Å². The minimum absolute atomic E-state index is 0.223. The van der Waals surface area contributed by atoms with Crippen molar-refractivity contribution in [2.24, 2.45) is 0 Å². The Morgan fingerprint density at radius 3 is 2.00 bits per heavy atom. The maximum atomic E-state index is 6.19. The van der Waals surface area contributed by atoms with E-state index in [2.05, 4.69) is 9.97 Å². The zero-order valence-electron chi connectivity index (χ0n) is 12.6. The van der Waals surface area contributed by atoms with Crippen LogP contribution in [0.5, 0.6) is 11.6 Å². The molecule has 2 N–H and O–H groups in total. The molecule has 1 aromatic heterocycles. The van der Waals surface area contributed by atoms with Gasteiger partial charge in [0.1, 0.15) is 11.6 Å². The summed E-state index contributed by atoms with van der Waals surface area (Å²) in [7, 11) is 0. The van der Waals surface area contributed by atoms with Gasteiger partial charge in [0.05, 0.1) is 10.0 Å². The molecule has 4 nitrogen and oxygen atoms in total. The van der Waals surface area contributed by atoms with Gasteiger partial charge < -0.3 is 10.5 Å². The molecule has 8 heteroatoms. The van der Waals surface area contributed by atoms with E-state index in [0.717, 1.165) is 0 Å². The molecular formula is C17H11Cl4N3O. The van der Waals surface area contributed by atoms with E-state index in [4.69, 9.17) is 56.9 Å². The zero-order valence-corrected chi connectivity index (χ0v) is 15.7. The normalized spacial score (nSPS) is 10.7. The molecule has 2 aromatic carbocycles. The third kappa shape index (κ3) is 4.28. The molecule has 0 radical (unpaired) electrons.